The minimum atomic E-state index is -3.92. The van der Waals surface area contributed by atoms with Gasteiger partial charge in [-0.25, -0.2) is 8.42 Å². The van der Waals surface area contributed by atoms with E-state index in [2.05, 4.69) is 0 Å². The summed E-state index contributed by atoms with van der Waals surface area (Å²) >= 11 is 0. The second-order valence-corrected chi connectivity index (χ2v) is 3.17. The van der Waals surface area contributed by atoms with Crippen LogP contribution in [-0.4, -0.2) is 19.2 Å². The van der Waals surface area contributed by atoms with Crippen LogP contribution >= 0.6 is 0 Å². The van der Waals surface area contributed by atoms with E-state index < -0.39 is 10.1 Å². The lowest BCUT2D eigenvalue weighted by Gasteiger charge is -1.90. The number of hydrogen-bond donors (Lipinski definition) is 0. The molecule has 0 aromatic heterocycles. The van der Waals surface area contributed by atoms with E-state index in [1.165, 1.54) is 19.3 Å². The van der Waals surface area contributed by atoms with Crippen molar-refractivity contribution in [1.82, 2.24) is 0 Å². The molecule has 0 aliphatic heterocycles. The van der Waals surface area contributed by atoms with Crippen LogP contribution < -0.4 is 0 Å². The molecule has 0 atom stereocenters. The van der Waals surface area contributed by atoms with Gasteiger partial charge in [0.1, 0.15) is 0 Å². The fraction of sp³-hybridized carbons (Fsp3) is 1.00. The predicted octanol–water partition coefficient (Wildman–Crippen LogP) is 0.332. The van der Waals surface area contributed by atoms with Gasteiger partial charge in [0.05, 0.1) is 10.1 Å². The van der Waals surface area contributed by atoms with Gasteiger partial charge in [0, 0.05) is 6.26 Å². The van der Waals surface area contributed by atoms with Crippen molar-refractivity contribution in [3.05, 3.63) is 0 Å². The molecular formula is C4H9O3S-. The quantitative estimate of drug-likeness (QED) is 0.452. The van der Waals surface area contributed by atoms with E-state index in [4.69, 9.17) is 13.0 Å². The molecule has 1 saturated carbocycles. The zero-order valence-corrected chi connectivity index (χ0v) is 5.57. The van der Waals surface area contributed by atoms with E-state index in [1.807, 2.05) is 0 Å². The normalized spacial score (nSPS) is 16.2. The first-order chi connectivity index (χ1) is 3.50. The van der Waals surface area contributed by atoms with Crippen LogP contribution in [0, 0.1) is 0 Å². The van der Waals surface area contributed by atoms with Crippen LogP contribution in [0.25, 0.3) is 0 Å². The Balaban J connectivity index is 0.000000135. The topological polar surface area (TPSA) is 57.2 Å². The Morgan fingerprint density at radius 1 is 1.25 bits per heavy atom. The fourth-order valence-electron chi connectivity index (χ4n) is 0. The molecule has 4 heteroatoms. The summed E-state index contributed by atoms with van der Waals surface area (Å²) in [5.41, 5.74) is 0. The second-order valence-electron chi connectivity index (χ2n) is 1.76. The standard InChI is InChI=1S/C3H6.CH4O3S/c1-2-3-1;1-5(2,3)4/h1-3H2;1H3,(H,2,3,4)/p-1. The van der Waals surface area contributed by atoms with Gasteiger partial charge < -0.3 is 4.55 Å². The molecule has 1 rings (SSSR count). The Kier molecular flexibility index (Phi) is 3.01. The maximum Gasteiger partial charge on any atom is 0.0916 e. The van der Waals surface area contributed by atoms with Gasteiger partial charge in [0.25, 0.3) is 0 Å². The minimum absolute atomic E-state index is 0.604. The molecule has 0 amide bonds. The summed E-state index contributed by atoms with van der Waals surface area (Å²) < 4.78 is 27.2. The number of hydrogen-bond acceptors (Lipinski definition) is 3. The van der Waals surface area contributed by atoms with E-state index in [0.717, 1.165) is 0 Å². The minimum Gasteiger partial charge on any atom is -0.748 e. The van der Waals surface area contributed by atoms with E-state index >= 15 is 0 Å². The Morgan fingerprint density at radius 2 is 1.38 bits per heavy atom. The van der Waals surface area contributed by atoms with Crippen molar-refractivity contribution in [1.29, 1.82) is 0 Å². The summed E-state index contributed by atoms with van der Waals surface area (Å²) in [7, 11) is -3.92. The van der Waals surface area contributed by atoms with Gasteiger partial charge in [-0.15, -0.1) is 0 Å². The van der Waals surface area contributed by atoms with E-state index in [9.17, 15) is 0 Å². The average Bonchev–Trinajstić information content (AvgIpc) is 1.95. The summed E-state index contributed by atoms with van der Waals surface area (Å²) in [4.78, 5) is 0. The zero-order chi connectivity index (χ0) is 6.62. The highest BCUT2D eigenvalue weighted by Gasteiger charge is 1.95. The highest BCUT2D eigenvalue weighted by atomic mass is 32.2. The van der Waals surface area contributed by atoms with Gasteiger partial charge in [-0.1, -0.05) is 19.3 Å². The molecule has 0 aromatic carbocycles. The summed E-state index contributed by atoms with van der Waals surface area (Å²) in [5, 5.41) is 0. The van der Waals surface area contributed by atoms with Crippen molar-refractivity contribution in [2.75, 3.05) is 6.26 Å². The third-order valence-corrected chi connectivity index (χ3v) is 0.354. The molecule has 1 aliphatic carbocycles. The highest BCUT2D eigenvalue weighted by molar-refractivity contribution is 7.84. The molecule has 0 radical (unpaired) electrons. The van der Waals surface area contributed by atoms with Crippen molar-refractivity contribution >= 4 is 10.1 Å². The van der Waals surface area contributed by atoms with Crippen LogP contribution in [0.15, 0.2) is 0 Å². The predicted molar refractivity (Wildman–Crippen MR) is 29.5 cm³/mol. The third kappa shape index (κ3) is 172. The van der Waals surface area contributed by atoms with E-state index in [0.29, 0.717) is 6.26 Å². The third-order valence-electron chi connectivity index (χ3n) is 0.354. The van der Waals surface area contributed by atoms with Crippen molar-refractivity contribution < 1.29 is 13.0 Å². The monoisotopic (exact) mass is 137 g/mol. The summed E-state index contributed by atoms with van der Waals surface area (Å²) in [5.74, 6) is 0. The van der Waals surface area contributed by atoms with Crippen LogP contribution in [0.2, 0.25) is 0 Å². The molecule has 0 aromatic rings. The van der Waals surface area contributed by atoms with Crippen molar-refractivity contribution in [2.45, 2.75) is 19.3 Å². The van der Waals surface area contributed by atoms with Crippen LogP contribution in [0.4, 0.5) is 0 Å². The molecule has 0 spiro atoms. The van der Waals surface area contributed by atoms with Gasteiger partial charge in [-0.2, -0.15) is 0 Å². The molecule has 8 heavy (non-hydrogen) atoms. The molecule has 1 fully saturated rings. The molecule has 0 heterocycles. The second kappa shape index (κ2) is 3.04. The molecular weight excluding hydrogens is 128 g/mol. The van der Waals surface area contributed by atoms with Gasteiger partial charge >= 0.3 is 0 Å². The maximum absolute atomic E-state index is 9.08. The fourth-order valence-corrected chi connectivity index (χ4v) is 0. The SMILES string of the molecule is C1CC1.CS(=O)(=O)[O-]. The first kappa shape index (κ1) is 7.91. The first-order valence-corrected chi connectivity index (χ1v) is 4.22. The zero-order valence-electron chi connectivity index (χ0n) is 4.75. The largest absolute Gasteiger partial charge is 0.748 e. The maximum atomic E-state index is 9.08. The van der Waals surface area contributed by atoms with Crippen LogP contribution in [-0.2, 0) is 10.1 Å². The Morgan fingerprint density at radius 3 is 1.38 bits per heavy atom. The molecule has 1 aliphatic rings. The summed E-state index contributed by atoms with van der Waals surface area (Å²) in [6.45, 7) is 0. The Hall–Kier alpha value is -0.0900. The van der Waals surface area contributed by atoms with Gasteiger partial charge in [-0.3, -0.25) is 0 Å². The summed E-state index contributed by atoms with van der Waals surface area (Å²) in [6, 6.07) is 0. The van der Waals surface area contributed by atoms with E-state index in [-0.39, 0.29) is 0 Å². The molecule has 0 N–H and O–H groups in total. The molecule has 50 valence electrons. The lowest BCUT2D eigenvalue weighted by molar-refractivity contribution is 0.470. The molecule has 0 saturated heterocycles. The van der Waals surface area contributed by atoms with Crippen molar-refractivity contribution in [3.63, 3.8) is 0 Å². The van der Waals surface area contributed by atoms with Crippen LogP contribution in [0.5, 0.6) is 0 Å². The average molecular weight is 137 g/mol. The van der Waals surface area contributed by atoms with Crippen LogP contribution in [0.3, 0.4) is 0 Å². The Labute approximate surface area is 49.5 Å². The Bertz CT molecular complexity index is 123. The van der Waals surface area contributed by atoms with Gasteiger partial charge in [0.2, 0.25) is 0 Å². The van der Waals surface area contributed by atoms with Crippen molar-refractivity contribution in [2.24, 2.45) is 0 Å². The van der Waals surface area contributed by atoms with Crippen LogP contribution in [0.1, 0.15) is 19.3 Å². The van der Waals surface area contributed by atoms with Crippen molar-refractivity contribution in [3.8, 4) is 0 Å². The smallest absolute Gasteiger partial charge is 0.0916 e. The molecule has 3 nitrogen and oxygen atoms in total. The van der Waals surface area contributed by atoms with Gasteiger partial charge in [0.15, 0.2) is 0 Å². The first-order valence-electron chi connectivity index (χ1n) is 2.41. The number of rotatable bonds is 0. The molecule has 0 bridgehead atoms. The lowest BCUT2D eigenvalue weighted by Crippen LogP contribution is -1.88. The lowest BCUT2D eigenvalue weighted by atomic mass is 11.0. The summed E-state index contributed by atoms with van der Waals surface area (Å²) in [6.07, 6.45) is 5.10. The molecule has 0 unspecified atom stereocenters. The highest BCUT2D eigenvalue weighted by Crippen LogP contribution is 2.14. The van der Waals surface area contributed by atoms with E-state index in [1.54, 1.807) is 0 Å². The van der Waals surface area contributed by atoms with Gasteiger partial charge in [-0.05, 0) is 0 Å².